The molecule has 0 spiro atoms. The number of rotatable bonds is 4. The molecule has 5 nitrogen and oxygen atoms in total. The van der Waals surface area contributed by atoms with Crippen LogP contribution in [0.4, 0.5) is 5.69 Å². The Hall–Kier alpha value is -1.95. The van der Waals surface area contributed by atoms with Crippen molar-refractivity contribution < 1.29 is 14.3 Å². The van der Waals surface area contributed by atoms with Gasteiger partial charge in [-0.2, -0.15) is 0 Å². The van der Waals surface area contributed by atoms with Crippen LogP contribution in [0.3, 0.4) is 0 Å². The third-order valence-corrected chi connectivity index (χ3v) is 5.42. The molecule has 3 rings (SSSR count). The highest BCUT2D eigenvalue weighted by Gasteiger charge is 2.22. The largest absolute Gasteiger partial charge is 0.496 e. The lowest BCUT2D eigenvalue weighted by atomic mass is 10.1. The number of amides is 2. The molecule has 0 atom stereocenters. The van der Waals surface area contributed by atoms with E-state index in [9.17, 15) is 9.59 Å². The van der Waals surface area contributed by atoms with Crippen LogP contribution in [0.15, 0.2) is 34.9 Å². The fourth-order valence-electron chi connectivity index (χ4n) is 3.03. The van der Waals surface area contributed by atoms with Gasteiger partial charge in [-0.3, -0.25) is 9.59 Å². The van der Waals surface area contributed by atoms with Crippen LogP contribution in [0.2, 0.25) is 0 Å². The predicted octanol–water partition coefficient (Wildman–Crippen LogP) is 3.29. The predicted molar refractivity (Wildman–Crippen MR) is 95.9 cm³/mol. The van der Waals surface area contributed by atoms with Gasteiger partial charge in [-0.15, -0.1) is 11.8 Å². The Kier molecular flexibility index (Phi) is 5.45. The maximum atomic E-state index is 12.5. The number of thioether (sulfide) groups is 1. The zero-order chi connectivity index (χ0) is 16.9. The van der Waals surface area contributed by atoms with Crippen LogP contribution in [0.25, 0.3) is 0 Å². The molecule has 128 valence electrons. The number of ether oxygens (including phenoxy) is 1. The number of anilines is 1. The van der Waals surface area contributed by atoms with Crippen LogP contribution < -0.4 is 10.6 Å². The molecular formula is C18H22N2O3S. The van der Waals surface area contributed by atoms with Gasteiger partial charge >= 0.3 is 0 Å². The van der Waals surface area contributed by atoms with E-state index < -0.39 is 0 Å². The minimum Gasteiger partial charge on any atom is -0.496 e. The summed E-state index contributed by atoms with van der Waals surface area (Å²) in [5, 5.41) is 5.92. The molecule has 2 aliphatic rings. The number of para-hydroxylation sites is 1. The second kappa shape index (κ2) is 7.75. The molecule has 1 aromatic carbocycles. The Morgan fingerprint density at radius 3 is 2.67 bits per heavy atom. The maximum Gasteiger partial charge on any atom is 0.265 e. The van der Waals surface area contributed by atoms with Gasteiger partial charge in [0.05, 0.1) is 17.9 Å². The summed E-state index contributed by atoms with van der Waals surface area (Å²) in [7, 11) is 0. The van der Waals surface area contributed by atoms with Gasteiger partial charge in [0.1, 0.15) is 10.7 Å². The Balaban J connectivity index is 1.74. The summed E-state index contributed by atoms with van der Waals surface area (Å²) in [6.07, 6.45) is 4.38. The zero-order valence-corrected chi connectivity index (χ0v) is 14.6. The van der Waals surface area contributed by atoms with Crippen LogP contribution >= 0.6 is 11.8 Å². The lowest BCUT2D eigenvalue weighted by Crippen LogP contribution is -2.33. The lowest BCUT2D eigenvalue weighted by molar-refractivity contribution is -0.112. The minimum absolute atomic E-state index is 0.129. The van der Waals surface area contributed by atoms with Crippen molar-refractivity contribution in [1.82, 2.24) is 5.32 Å². The quantitative estimate of drug-likeness (QED) is 0.878. The number of nitrogens with one attached hydrogen (secondary N) is 2. The number of carbonyl (C=O) groups excluding carboxylic acids is 2. The molecule has 0 radical (unpaired) electrons. The van der Waals surface area contributed by atoms with Crippen molar-refractivity contribution in [3.05, 3.63) is 40.5 Å². The first-order valence-electron chi connectivity index (χ1n) is 8.33. The molecular weight excluding hydrogens is 324 g/mol. The van der Waals surface area contributed by atoms with Crippen LogP contribution in [0, 0.1) is 0 Å². The van der Waals surface area contributed by atoms with Crippen LogP contribution in [0.1, 0.15) is 43.0 Å². The average Bonchev–Trinajstić information content (AvgIpc) is 3.08. The van der Waals surface area contributed by atoms with E-state index in [1.807, 2.05) is 12.1 Å². The zero-order valence-electron chi connectivity index (χ0n) is 13.8. The summed E-state index contributed by atoms with van der Waals surface area (Å²) in [6.45, 7) is 2.41. The van der Waals surface area contributed by atoms with Gasteiger partial charge in [0.25, 0.3) is 11.8 Å². The Morgan fingerprint density at radius 1 is 1.17 bits per heavy atom. The van der Waals surface area contributed by atoms with E-state index in [1.54, 1.807) is 19.1 Å². The molecule has 2 amide bonds. The smallest absolute Gasteiger partial charge is 0.265 e. The molecule has 1 aromatic rings. The summed E-state index contributed by atoms with van der Waals surface area (Å²) in [4.78, 5) is 25.6. The van der Waals surface area contributed by atoms with Gasteiger partial charge in [-0.05, 0) is 31.9 Å². The summed E-state index contributed by atoms with van der Waals surface area (Å²) >= 11 is 1.48. The number of hydrogen-bond donors (Lipinski definition) is 2. The van der Waals surface area contributed by atoms with E-state index in [-0.39, 0.29) is 17.9 Å². The second-order valence-corrected chi connectivity index (χ2v) is 7.14. The maximum absolute atomic E-state index is 12.5. The first-order chi connectivity index (χ1) is 11.6. The van der Waals surface area contributed by atoms with Crippen molar-refractivity contribution in [3.8, 4) is 0 Å². The monoisotopic (exact) mass is 346 g/mol. The highest BCUT2D eigenvalue weighted by Crippen LogP contribution is 2.27. The fraction of sp³-hybridized carbons (Fsp3) is 0.444. The van der Waals surface area contributed by atoms with Crippen LogP contribution in [-0.4, -0.2) is 30.2 Å². The summed E-state index contributed by atoms with van der Waals surface area (Å²) in [5.41, 5.74) is 1.03. The Labute approximate surface area is 146 Å². The van der Waals surface area contributed by atoms with Crippen LogP contribution in [-0.2, 0) is 9.53 Å². The minimum atomic E-state index is -0.224. The fourth-order valence-corrected chi connectivity index (χ4v) is 3.85. The number of allylic oxidation sites excluding steroid dienone is 1. The molecule has 1 saturated carbocycles. The summed E-state index contributed by atoms with van der Waals surface area (Å²) in [5.74, 6) is 1.04. The van der Waals surface area contributed by atoms with Crippen molar-refractivity contribution in [2.24, 2.45) is 0 Å². The molecule has 0 bridgehead atoms. The third kappa shape index (κ3) is 3.93. The van der Waals surface area contributed by atoms with Gasteiger partial charge in [0, 0.05) is 11.8 Å². The normalized spacial score (nSPS) is 18.2. The third-order valence-electron chi connectivity index (χ3n) is 4.28. The first kappa shape index (κ1) is 16.9. The number of hydrogen-bond acceptors (Lipinski definition) is 4. The Bertz CT molecular complexity index is 666. The standard InChI is InChI=1S/C18H22N2O3S/c1-12-16(24-11-10-23-12)18(22)20-15-9-5-4-8-14(15)17(21)19-13-6-2-3-7-13/h4-5,8-9,13H,2-3,6-7,10-11H2,1H3,(H,19,21)(H,20,22). The molecule has 0 saturated heterocycles. The van der Waals surface area contributed by atoms with E-state index in [0.717, 1.165) is 31.4 Å². The van der Waals surface area contributed by atoms with Gasteiger partial charge in [0.2, 0.25) is 0 Å². The SMILES string of the molecule is CC1=C(C(=O)Nc2ccccc2C(=O)NC2CCCC2)SCCO1. The van der Waals surface area contributed by atoms with E-state index in [1.165, 1.54) is 11.8 Å². The van der Waals surface area contributed by atoms with Crippen molar-refractivity contribution in [2.45, 2.75) is 38.6 Å². The highest BCUT2D eigenvalue weighted by atomic mass is 32.2. The molecule has 1 aliphatic carbocycles. The molecule has 2 N–H and O–H groups in total. The topological polar surface area (TPSA) is 67.4 Å². The van der Waals surface area contributed by atoms with Gasteiger partial charge in [-0.25, -0.2) is 0 Å². The van der Waals surface area contributed by atoms with Gasteiger partial charge < -0.3 is 15.4 Å². The molecule has 6 heteroatoms. The second-order valence-electron chi connectivity index (χ2n) is 6.04. The molecule has 0 unspecified atom stereocenters. The molecule has 1 fully saturated rings. The molecule has 1 heterocycles. The van der Waals surface area contributed by atoms with E-state index >= 15 is 0 Å². The van der Waals surface area contributed by atoms with Crippen molar-refractivity contribution >= 4 is 29.3 Å². The molecule has 24 heavy (non-hydrogen) atoms. The van der Waals surface area contributed by atoms with Gasteiger partial charge in [0.15, 0.2) is 0 Å². The van der Waals surface area contributed by atoms with E-state index in [4.69, 9.17) is 4.74 Å². The first-order valence-corrected chi connectivity index (χ1v) is 9.31. The lowest BCUT2D eigenvalue weighted by Gasteiger charge is -2.19. The van der Waals surface area contributed by atoms with Crippen LogP contribution in [0.5, 0.6) is 0 Å². The van der Waals surface area contributed by atoms with Crippen molar-refractivity contribution in [3.63, 3.8) is 0 Å². The van der Waals surface area contributed by atoms with E-state index in [2.05, 4.69) is 10.6 Å². The molecule has 0 aromatic heterocycles. The summed E-state index contributed by atoms with van der Waals surface area (Å²) in [6, 6.07) is 7.36. The van der Waals surface area contributed by atoms with Gasteiger partial charge in [-0.1, -0.05) is 25.0 Å². The summed E-state index contributed by atoms with van der Waals surface area (Å²) < 4.78 is 5.43. The van der Waals surface area contributed by atoms with Crippen molar-refractivity contribution in [1.29, 1.82) is 0 Å². The number of benzene rings is 1. The van der Waals surface area contributed by atoms with Crippen molar-refractivity contribution in [2.75, 3.05) is 17.7 Å². The average molecular weight is 346 g/mol. The Morgan fingerprint density at radius 2 is 1.92 bits per heavy atom. The van der Waals surface area contributed by atoms with E-state index in [0.29, 0.717) is 28.5 Å². The number of carbonyl (C=O) groups is 2. The highest BCUT2D eigenvalue weighted by molar-refractivity contribution is 8.04. The molecule has 1 aliphatic heterocycles.